The summed E-state index contributed by atoms with van der Waals surface area (Å²) in [5, 5.41) is 8.89. The van der Waals surface area contributed by atoms with E-state index in [0.29, 0.717) is 0 Å². The Hall–Kier alpha value is -0.863. The van der Waals surface area contributed by atoms with Crippen molar-refractivity contribution in [2.24, 2.45) is 0 Å². The van der Waals surface area contributed by atoms with E-state index in [1.54, 1.807) is 6.92 Å². The third kappa shape index (κ3) is 3.90. The van der Waals surface area contributed by atoms with Gasteiger partial charge in [-0.1, -0.05) is 0 Å². The van der Waals surface area contributed by atoms with Crippen LogP contribution >= 0.6 is 0 Å². The van der Waals surface area contributed by atoms with Crippen LogP contribution in [0.15, 0.2) is 0 Å². The number of carbonyl (C=O) groups is 1. The molecule has 0 N–H and O–H groups in total. The summed E-state index contributed by atoms with van der Waals surface area (Å²) in [6.45, 7) is 9.16. The second-order valence-electron chi connectivity index (χ2n) is 4.08. The highest BCUT2D eigenvalue weighted by molar-refractivity contribution is 6.70. The van der Waals surface area contributed by atoms with Gasteiger partial charge in [0, 0.05) is 0 Å². The van der Waals surface area contributed by atoms with E-state index >= 15 is 0 Å². The minimum atomic E-state index is -1.93. The van der Waals surface area contributed by atoms with Crippen molar-refractivity contribution >= 4 is 14.3 Å². The summed E-state index contributed by atoms with van der Waals surface area (Å²) in [6, 6.07) is 1.86. The molecule has 0 saturated heterocycles. The van der Waals surface area contributed by atoms with Crippen molar-refractivity contribution in [2.75, 3.05) is 6.61 Å². The highest BCUT2D eigenvalue weighted by Gasteiger charge is 2.40. The fourth-order valence-corrected chi connectivity index (χ4v) is 2.35. The lowest BCUT2D eigenvalue weighted by Gasteiger charge is -2.28. The van der Waals surface area contributed by atoms with Gasteiger partial charge in [-0.15, -0.1) is 0 Å². The molecule has 0 heterocycles. The maximum atomic E-state index is 11.4. The van der Waals surface area contributed by atoms with Crippen LogP contribution in [0, 0.1) is 11.3 Å². The zero-order valence-electron chi connectivity index (χ0n) is 9.38. The first kappa shape index (κ1) is 13.1. The van der Waals surface area contributed by atoms with Crippen LogP contribution in [0.1, 0.15) is 13.8 Å². The maximum Gasteiger partial charge on any atom is 0.352 e. The fraction of sp³-hybridized carbons (Fsp3) is 0.778. The lowest BCUT2D eigenvalue weighted by Crippen LogP contribution is -2.46. The highest BCUT2D eigenvalue weighted by Crippen LogP contribution is 2.18. The average Bonchev–Trinajstić information content (AvgIpc) is 2.01. The Balaban J connectivity index is 4.66. The van der Waals surface area contributed by atoms with Gasteiger partial charge in [0.15, 0.2) is 8.32 Å². The molecule has 0 amide bonds. The van der Waals surface area contributed by atoms with Gasteiger partial charge in [-0.3, -0.25) is 0 Å². The average molecular weight is 215 g/mol. The molecule has 0 aliphatic rings. The van der Waals surface area contributed by atoms with Crippen molar-refractivity contribution in [3.63, 3.8) is 0 Å². The van der Waals surface area contributed by atoms with Gasteiger partial charge in [-0.05, 0) is 33.5 Å². The third-order valence-electron chi connectivity index (χ3n) is 1.39. The van der Waals surface area contributed by atoms with E-state index in [1.165, 1.54) is 6.92 Å². The molecule has 0 unspecified atom stereocenters. The van der Waals surface area contributed by atoms with Crippen molar-refractivity contribution in [1.29, 1.82) is 5.26 Å². The van der Waals surface area contributed by atoms with E-state index in [2.05, 4.69) is 0 Å². The predicted molar refractivity (Wildman–Crippen MR) is 55.1 cm³/mol. The predicted octanol–water partition coefficient (Wildman–Crippen LogP) is 1.68. The summed E-state index contributed by atoms with van der Waals surface area (Å²) in [7, 11) is -1.93. The largest absolute Gasteiger partial charge is 0.463 e. The second kappa shape index (κ2) is 4.58. The highest BCUT2D eigenvalue weighted by atomic mass is 28.4. The van der Waals surface area contributed by atoms with E-state index in [4.69, 9.17) is 14.4 Å². The van der Waals surface area contributed by atoms with Gasteiger partial charge in [0.1, 0.15) is 6.07 Å². The number of hydrogen-bond acceptors (Lipinski definition) is 4. The smallest absolute Gasteiger partial charge is 0.352 e. The molecule has 0 radical (unpaired) electrons. The lowest BCUT2D eigenvalue weighted by molar-refractivity contribution is -0.156. The monoisotopic (exact) mass is 215 g/mol. The van der Waals surface area contributed by atoms with E-state index in [0.717, 1.165) is 0 Å². The van der Waals surface area contributed by atoms with Gasteiger partial charge < -0.3 is 9.16 Å². The minimum absolute atomic E-state index is 0.255. The molecule has 0 saturated carbocycles. The molecule has 0 aromatic carbocycles. The normalized spacial score (nSPS) is 15.4. The molecule has 0 aromatic heterocycles. The minimum Gasteiger partial charge on any atom is -0.463 e. The van der Waals surface area contributed by atoms with Crippen LogP contribution in [-0.2, 0) is 14.0 Å². The Morgan fingerprint density at radius 1 is 1.50 bits per heavy atom. The summed E-state index contributed by atoms with van der Waals surface area (Å²) >= 11 is 0. The first-order valence-corrected chi connectivity index (χ1v) is 7.94. The molecule has 0 bridgehead atoms. The molecular weight excluding hydrogens is 198 g/mol. The molecule has 0 aromatic rings. The number of ether oxygens (including phenoxy) is 1. The molecule has 0 aliphatic carbocycles. The molecule has 0 spiro atoms. The van der Waals surface area contributed by atoms with Crippen molar-refractivity contribution < 1.29 is 14.0 Å². The SMILES string of the molecule is CCOC(=O)[C@](C)(C#N)O[Si](C)(C)C. The van der Waals surface area contributed by atoms with Crippen molar-refractivity contribution in [3.8, 4) is 6.07 Å². The molecule has 5 heteroatoms. The van der Waals surface area contributed by atoms with Crippen LogP contribution in [0.5, 0.6) is 0 Å². The lowest BCUT2D eigenvalue weighted by atomic mass is 10.1. The zero-order chi connectivity index (χ0) is 11.4. The van der Waals surface area contributed by atoms with Crippen molar-refractivity contribution in [1.82, 2.24) is 0 Å². The van der Waals surface area contributed by atoms with E-state index in [1.807, 2.05) is 25.7 Å². The summed E-state index contributed by atoms with van der Waals surface area (Å²) in [5.74, 6) is -0.607. The Bertz CT molecular complexity index is 254. The third-order valence-corrected chi connectivity index (χ3v) is 2.41. The van der Waals surface area contributed by atoms with E-state index in [9.17, 15) is 4.79 Å². The van der Waals surface area contributed by atoms with Crippen molar-refractivity contribution in [3.05, 3.63) is 0 Å². The summed E-state index contributed by atoms with van der Waals surface area (Å²) in [6.07, 6.45) is 0. The Kier molecular flexibility index (Phi) is 4.29. The number of hydrogen-bond donors (Lipinski definition) is 0. The molecular formula is C9H17NO3Si. The summed E-state index contributed by atoms with van der Waals surface area (Å²) in [4.78, 5) is 11.4. The van der Waals surface area contributed by atoms with Crippen LogP contribution in [0.2, 0.25) is 19.6 Å². The molecule has 4 nitrogen and oxygen atoms in total. The number of carbonyl (C=O) groups excluding carboxylic acids is 1. The second-order valence-corrected chi connectivity index (χ2v) is 8.51. The molecule has 80 valence electrons. The van der Waals surface area contributed by atoms with Gasteiger partial charge >= 0.3 is 5.97 Å². The maximum absolute atomic E-state index is 11.4. The number of rotatable bonds is 4. The number of nitrogens with zero attached hydrogens (tertiary/aromatic N) is 1. The molecule has 14 heavy (non-hydrogen) atoms. The van der Waals surface area contributed by atoms with E-state index in [-0.39, 0.29) is 6.61 Å². The standard InChI is InChI=1S/C9H17NO3Si/c1-6-12-8(11)9(2,7-10)13-14(3,4)5/h6H2,1-5H3/t9-/m0/s1. The van der Waals surface area contributed by atoms with E-state index < -0.39 is 19.9 Å². The number of esters is 1. The van der Waals surface area contributed by atoms with Crippen LogP contribution < -0.4 is 0 Å². The van der Waals surface area contributed by atoms with Crippen LogP contribution in [0.25, 0.3) is 0 Å². The van der Waals surface area contributed by atoms with Crippen LogP contribution in [0.3, 0.4) is 0 Å². The molecule has 0 rings (SSSR count). The Morgan fingerprint density at radius 2 is 2.00 bits per heavy atom. The summed E-state index contributed by atoms with van der Waals surface area (Å²) in [5.41, 5.74) is -1.46. The van der Waals surface area contributed by atoms with Crippen LogP contribution in [0.4, 0.5) is 0 Å². The Labute approximate surface area is 85.9 Å². The van der Waals surface area contributed by atoms with Crippen molar-refractivity contribution in [2.45, 2.75) is 39.1 Å². The number of nitriles is 1. The molecule has 0 aliphatic heterocycles. The summed E-state index contributed by atoms with van der Waals surface area (Å²) < 4.78 is 10.3. The van der Waals surface area contributed by atoms with Gasteiger partial charge in [-0.2, -0.15) is 5.26 Å². The molecule has 0 fully saturated rings. The van der Waals surface area contributed by atoms with Gasteiger partial charge in [0.25, 0.3) is 0 Å². The topological polar surface area (TPSA) is 59.3 Å². The van der Waals surface area contributed by atoms with Crippen LogP contribution in [-0.4, -0.2) is 26.5 Å². The first-order chi connectivity index (χ1) is 6.25. The fourth-order valence-electron chi connectivity index (χ4n) is 0.991. The first-order valence-electron chi connectivity index (χ1n) is 4.54. The van der Waals surface area contributed by atoms with Gasteiger partial charge in [-0.25, -0.2) is 4.79 Å². The zero-order valence-corrected chi connectivity index (χ0v) is 10.4. The Morgan fingerprint density at radius 3 is 2.29 bits per heavy atom. The van der Waals surface area contributed by atoms with Gasteiger partial charge in [0.2, 0.25) is 5.60 Å². The quantitative estimate of drug-likeness (QED) is 0.529. The van der Waals surface area contributed by atoms with Gasteiger partial charge in [0.05, 0.1) is 6.61 Å². The molecule has 1 atom stereocenters.